The molecule has 0 aromatic carbocycles. The van der Waals surface area contributed by atoms with Crippen LogP contribution in [-0.4, -0.2) is 33.7 Å². The zero-order valence-electron chi connectivity index (χ0n) is 18.7. The van der Waals surface area contributed by atoms with Gasteiger partial charge in [-0.25, -0.2) is 14.8 Å². The predicted octanol–water partition coefficient (Wildman–Crippen LogP) is 5.53. The number of carboxylic acid groups (broad SMARTS) is 1. The Labute approximate surface area is 186 Å². The number of aromatic nitrogens is 2. The van der Waals surface area contributed by atoms with Crippen molar-refractivity contribution in [3.05, 3.63) is 40.0 Å². The van der Waals surface area contributed by atoms with Gasteiger partial charge in [-0.05, 0) is 71.1 Å². The fraction of sp³-hybridized carbons (Fsp3) is 0.458. The molecule has 0 radical (unpaired) electrons. The van der Waals surface area contributed by atoms with E-state index in [1.165, 1.54) is 16.9 Å². The van der Waals surface area contributed by atoms with Crippen LogP contribution in [0.3, 0.4) is 0 Å². The molecule has 1 aliphatic carbocycles. The first-order valence-electron chi connectivity index (χ1n) is 10.7. The molecule has 3 aromatic heterocycles. The van der Waals surface area contributed by atoms with Crippen molar-refractivity contribution < 1.29 is 14.6 Å². The highest BCUT2D eigenvalue weighted by molar-refractivity contribution is 7.19. The van der Waals surface area contributed by atoms with Crippen molar-refractivity contribution in [2.75, 3.05) is 12.4 Å². The van der Waals surface area contributed by atoms with E-state index >= 15 is 0 Å². The fourth-order valence-corrected chi connectivity index (χ4v) is 5.63. The number of hydrogen-bond acceptors (Lipinski definition) is 6. The normalized spacial score (nSPS) is 15.0. The van der Waals surface area contributed by atoms with Gasteiger partial charge in [0.1, 0.15) is 10.6 Å². The highest BCUT2D eigenvalue weighted by atomic mass is 32.1. The number of rotatable bonds is 5. The zero-order valence-corrected chi connectivity index (χ0v) is 19.5. The average molecular weight is 440 g/mol. The number of carboxylic acids is 1. The monoisotopic (exact) mass is 439 g/mol. The van der Waals surface area contributed by atoms with Crippen LogP contribution in [0.25, 0.3) is 21.3 Å². The van der Waals surface area contributed by atoms with E-state index < -0.39 is 17.7 Å². The first-order valence-corrected chi connectivity index (χ1v) is 11.5. The molecule has 6 nitrogen and oxygen atoms in total. The Hall–Kier alpha value is -2.51. The lowest BCUT2D eigenvalue weighted by atomic mass is 9.88. The molecule has 4 rings (SSSR count). The molecule has 3 heterocycles. The molecular formula is C24H29N3O3S. The Balaban J connectivity index is 2.06. The summed E-state index contributed by atoms with van der Waals surface area (Å²) in [4.78, 5) is 24.1. The van der Waals surface area contributed by atoms with E-state index in [-0.39, 0.29) is 0 Å². The minimum absolute atomic E-state index is 0.621. The minimum atomic E-state index is -1.12. The minimum Gasteiger partial charge on any atom is -0.479 e. The molecule has 1 unspecified atom stereocenters. The molecule has 7 heteroatoms. The summed E-state index contributed by atoms with van der Waals surface area (Å²) < 4.78 is 6.07. The molecule has 0 amide bonds. The number of hydrogen-bond donors (Lipinski definition) is 2. The van der Waals surface area contributed by atoms with Crippen molar-refractivity contribution in [1.82, 2.24) is 9.97 Å². The van der Waals surface area contributed by atoms with Gasteiger partial charge in [0.2, 0.25) is 0 Å². The maximum atomic E-state index is 12.4. The molecule has 0 bridgehead atoms. The second-order valence-electron chi connectivity index (χ2n) is 9.01. The standard InChI is InChI=1S/C24H29N3O3S/c1-13-18(21(23(28)29)30-24(2,3)4)19(14-10-11-17(25-5)26-12-14)20-15-8-6-7-9-16(15)31-22(20)27-13/h10-12,21H,6-9H2,1-5H3,(H,25,26)(H,28,29). The summed E-state index contributed by atoms with van der Waals surface area (Å²) in [6.07, 6.45) is 5.07. The van der Waals surface area contributed by atoms with Gasteiger partial charge in [-0.2, -0.15) is 0 Å². The number of carbonyl (C=O) groups is 1. The van der Waals surface area contributed by atoms with Gasteiger partial charge in [0.15, 0.2) is 6.10 Å². The Morgan fingerprint density at radius 1 is 1.26 bits per heavy atom. The second-order valence-corrected chi connectivity index (χ2v) is 10.1. The molecule has 164 valence electrons. The largest absolute Gasteiger partial charge is 0.479 e. The number of thiophene rings is 1. The summed E-state index contributed by atoms with van der Waals surface area (Å²) in [5, 5.41) is 14.3. The number of nitrogens with one attached hydrogen (secondary N) is 1. The molecule has 31 heavy (non-hydrogen) atoms. The van der Waals surface area contributed by atoms with E-state index in [2.05, 4.69) is 10.3 Å². The van der Waals surface area contributed by atoms with Crippen molar-refractivity contribution in [3.8, 4) is 11.1 Å². The van der Waals surface area contributed by atoms with Crippen LogP contribution in [0, 0.1) is 6.92 Å². The highest BCUT2D eigenvalue weighted by Crippen LogP contribution is 2.45. The van der Waals surface area contributed by atoms with Gasteiger partial charge in [-0.15, -0.1) is 11.3 Å². The number of pyridine rings is 2. The van der Waals surface area contributed by atoms with Gasteiger partial charge in [-0.3, -0.25) is 0 Å². The van der Waals surface area contributed by atoms with Gasteiger partial charge < -0.3 is 15.2 Å². The van der Waals surface area contributed by atoms with Crippen LogP contribution < -0.4 is 5.32 Å². The first kappa shape index (κ1) is 21.7. The van der Waals surface area contributed by atoms with Crippen LogP contribution in [0.4, 0.5) is 5.82 Å². The van der Waals surface area contributed by atoms with Crippen molar-refractivity contribution in [1.29, 1.82) is 0 Å². The maximum absolute atomic E-state index is 12.4. The summed E-state index contributed by atoms with van der Waals surface area (Å²) in [7, 11) is 1.83. The molecule has 3 aromatic rings. The third-order valence-corrected chi connectivity index (χ3v) is 6.78. The molecule has 0 aliphatic heterocycles. The fourth-order valence-electron chi connectivity index (χ4n) is 4.31. The molecule has 0 saturated carbocycles. The molecule has 1 aliphatic rings. The molecule has 0 spiro atoms. The van der Waals surface area contributed by atoms with Crippen LogP contribution in [0.1, 0.15) is 61.4 Å². The lowest BCUT2D eigenvalue weighted by molar-refractivity contribution is -0.160. The van der Waals surface area contributed by atoms with E-state index in [1.54, 1.807) is 11.3 Å². The van der Waals surface area contributed by atoms with Gasteiger partial charge in [-0.1, -0.05) is 0 Å². The summed E-state index contributed by atoms with van der Waals surface area (Å²) in [5.41, 5.74) is 3.79. The number of anilines is 1. The summed E-state index contributed by atoms with van der Waals surface area (Å²) in [6.45, 7) is 7.51. The summed E-state index contributed by atoms with van der Waals surface area (Å²) in [5.74, 6) is -0.246. The average Bonchev–Trinajstić information content (AvgIpc) is 3.08. The van der Waals surface area contributed by atoms with E-state index in [0.717, 1.165) is 46.4 Å². The maximum Gasteiger partial charge on any atom is 0.337 e. The molecule has 1 atom stereocenters. The molecular weight excluding hydrogens is 410 g/mol. The Kier molecular flexibility index (Phi) is 5.75. The SMILES string of the molecule is CNc1ccc(-c2c(C(OC(C)(C)C)C(=O)O)c(C)nc3sc4c(c23)CCCC4)cn1. The van der Waals surface area contributed by atoms with Crippen LogP contribution >= 0.6 is 11.3 Å². The van der Waals surface area contributed by atoms with Gasteiger partial charge >= 0.3 is 5.97 Å². The predicted molar refractivity (Wildman–Crippen MR) is 125 cm³/mol. The van der Waals surface area contributed by atoms with Gasteiger partial charge in [0.05, 0.1) is 5.60 Å². The topological polar surface area (TPSA) is 84.3 Å². The number of aryl methyl sites for hydroxylation is 3. The van der Waals surface area contributed by atoms with Crippen molar-refractivity contribution in [2.45, 2.75) is 65.1 Å². The Morgan fingerprint density at radius 2 is 2.00 bits per heavy atom. The lowest BCUT2D eigenvalue weighted by Gasteiger charge is -2.28. The summed E-state index contributed by atoms with van der Waals surface area (Å²) >= 11 is 1.74. The number of ether oxygens (including phenoxy) is 1. The van der Waals surface area contributed by atoms with Crippen LogP contribution in [-0.2, 0) is 22.4 Å². The first-order chi connectivity index (χ1) is 14.7. The number of fused-ring (bicyclic) bond motifs is 3. The van der Waals surface area contributed by atoms with E-state index in [1.807, 2.05) is 53.1 Å². The van der Waals surface area contributed by atoms with Crippen molar-refractivity contribution in [2.24, 2.45) is 0 Å². The number of nitrogens with zero attached hydrogens (tertiary/aromatic N) is 2. The smallest absolute Gasteiger partial charge is 0.337 e. The Morgan fingerprint density at radius 3 is 2.61 bits per heavy atom. The molecule has 0 saturated heterocycles. The molecule has 0 fully saturated rings. The Bertz CT molecular complexity index is 1130. The zero-order chi connectivity index (χ0) is 22.3. The van der Waals surface area contributed by atoms with E-state index in [4.69, 9.17) is 9.72 Å². The van der Waals surface area contributed by atoms with Crippen LogP contribution in [0.5, 0.6) is 0 Å². The third-order valence-electron chi connectivity index (χ3n) is 5.60. The number of aliphatic carboxylic acids is 1. The van der Waals surface area contributed by atoms with Gasteiger partial charge in [0.25, 0.3) is 0 Å². The van der Waals surface area contributed by atoms with Crippen LogP contribution in [0.15, 0.2) is 18.3 Å². The highest BCUT2D eigenvalue weighted by Gasteiger charge is 2.34. The molecule has 2 N–H and O–H groups in total. The quantitative estimate of drug-likeness (QED) is 0.544. The van der Waals surface area contributed by atoms with Gasteiger partial charge in [0, 0.05) is 45.9 Å². The second kappa shape index (κ2) is 8.20. The van der Waals surface area contributed by atoms with Crippen molar-refractivity contribution in [3.63, 3.8) is 0 Å². The van der Waals surface area contributed by atoms with E-state index in [9.17, 15) is 9.90 Å². The lowest BCUT2D eigenvalue weighted by Crippen LogP contribution is -2.28. The van der Waals surface area contributed by atoms with E-state index in [0.29, 0.717) is 11.3 Å². The van der Waals surface area contributed by atoms with Crippen LogP contribution in [0.2, 0.25) is 0 Å². The third kappa shape index (κ3) is 4.16. The van der Waals surface area contributed by atoms with Crippen molar-refractivity contribution >= 4 is 33.3 Å². The summed E-state index contributed by atoms with van der Waals surface area (Å²) in [6, 6.07) is 3.92.